The Kier molecular flexibility index (Phi) is 11.5. The van der Waals surface area contributed by atoms with Crippen LogP contribution in [0.2, 0.25) is 0 Å². The highest BCUT2D eigenvalue weighted by molar-refractivity contribution is 6.14. The van der Waals surface area contributed by atoms with Crippen LogP contribution in [0, 0.1) is 5.92 Å². The summed E-state index contributed by atoms with van der Waals surface area (Å²) in [5.41, 5.74) is 0.563. The summed E-state index contributed by atoms with van der Waals surface area (Å²) in [5, 5.41) is 2.95. The predicted molar refractivity (Wildman–Crippen MR) is 110 cm³/mol. The van der Waals surface area contributed by atoms with Crippen LogP contribution in [-0.2, 0) is 19.1 Å². The molecule has 28 heavy (non-hydrogen) atoms. The minimum Gasteiger partial charge on any atom is -0.494 e. The minimum atomic E-state index is -0.701. The van der Waals surface area contributed by atoms with Gasteiger partial charge in [0.05, 0.1) is 19.8 Å². The van der Waals surface area contributed by atoms with E-state index in [0.29, 0.717) is 24.8 Å². The molecule has 0 fully saturated rings. The van der Waals surface area contributed by atoms with Crippen LogP contribution in [0.4, 0.5) is 5.69 Å². The van der Waals surface area contributed by atoms with Gasteiger partial charge in [0.25, 0.3) is 0 Å². The standard InChI is InChI=1S/C22H33NO5/c1-5-9-10-17(6-2)16-28-22(25)20(21(24)27-8-4)15-23-18-11-13-19(14-12-18)26-7-3/h11-15,17,23H,5-10,16H2,1-4H3/b20-15-. The summed E-state index contributed by atoms with van der Waals surface area (Å²) >= 11 is 0. The summed E-state index contributed by atoms with van der Waals surface area (Å²) in [5.74, 6) is -0.328. The highest BCUT2D eigenvalue weighted by Crippen LogP contribution is 2.17. The Balaban J connectivity index is 2.79. The predicted octanol–water partition coefficient (Wildman–Crippen LogP) is 4.70. The lowest BCUT2D eigenvalue weighted by atomic mass is 10.0. The Morgan fingerprint density at radius 2 is 1.68 bits per heavy atom. The SMILES string of the molecule is CCCCC(CC)COC(=O)/C(=C\Nc1ccc(OCC)cc1)C(=O)OCC. The van der Waals surface area contributed by atoms with E-state index in [1.807, 2.05) is 19.1 Å². The number of hydrogen-bond acceptors (Lipinski definition) is 6. The van der Waals surface area contributed by atoms with E-state index in [2.05, 4.69) is 19.2 Å². The molecule has 0 heterocycles. The van der Waals surface area contributed by atoms with Crippen molar-refractivity contribution in [3.05, 3.63) is 36.0 Å². The molecule has 0 saturated heterocycles. The molecule has 156 valence electrons. The highest BCUT2D eigenvalue weighted by atomic mass is 16.6. The summed E-state index contributed by atoms with van der Waals surface area (Å²) in [6, 6.07) is 7.21. The second kappa shape index (κ2) is 13.6. The van der Waals surface area contributed by atoms with E-state index in [4.69, 9.17) is 14.2 Å². The van der Waals surface area contributed by atoms with E-state index in [1.54, 1.807) is 19.1 Å². The Labute approximate surface area is 168 Å². The van der Waals surface area contributed by atoms with Crippen molar-refractivity contribution in [2.45, 2.75) is 53.4 Å². The van der Waals surface area contributed by atoms with Crippen LogP contribution >= 0.6 is 0 Å². The largest absolute Gasteiger partial charge is 0.494 e. The lowest BCUT2D eigenvalue weighted by molar-refractivity contribution is -0.147. The van der Waals surface area contributed by atoms with Gasteiger partial charge in [-0.2, -0.15) is 0 Å². The van der Waals surface area contributed by atoms with Crippen LogP contribution in [0.3, 0.4) is 0 Å². The van der Waals surface area contributed by atoms with Gasteiger partial charge in [-0.25, -0.2) is 9.59 Å². The van der Waals surface area contributed by atoms with Crippen LogP contribution in [0.1, 0.15) is 53.4 Å². The molecule has 1 aromatic carbocycles. The topological polar surface area (TPSA) is 73.9 Å². The first kappa shape index (κ1) is 23.5. The molecular formula is C22H33NO5. The zero-order valence-electron chi connectivity index (χ0n) is 17.5. The smallest absolute Gasteiger partial charge is 0.347 e. The van der Waals surface area contributed by atoms with Gasteiger partial charge in [-0.1, -0.05) is 33.1 Å². The molecule has 1 N–H and O–H groups in total. The third-order valence-electron chi connectivity index (χ3n) is 4.26. The Morgan fingerprint density at radius 3 is 2.25 bits per heavy atom. The quantitative estimate of drug-likeness (QED) is 0.227. The second-order valence-corrected chi connectivity index (χ2v) is 6.40. The van der Waals surface area contributed by atoms with Gasteiger partial charge >= 0.3 is 11.9 Å². The molecule has 1 rings (SSSR count). The molecule has 0 aromatic heterocycles. The van der Waals surface area contributed by atoms with E-state index < -0.39 is 11.9 Å². The van der Waals surface area contributed by atoms with Gasteiger partial charge in [-0.3, -0.25) is 0 Å². The molecule has 0 saturated carbocycles. The molecule has 6 heteroatoms. The van der Waals surface area contributed by atoms with Crippen LogP contribution in [0.15, 0.2) is 36.0 Å². The van der Waals surface area contributed by atoms with Gasteiger partial charge in [0.15, 0.2) is 5.57 Å². The van der Waals surface area contributed by atoms with E-state index in [-0.39, 0.29) is 12.2 Å². The maximum atomic E-state index is 12.5. The Morgan fingerprint density at radius 1 is 1.00 bits per heavy atom. The molecule has 0 amide bonds. The Hall–Kier alpha value is -2.50. The molecule has 1 atom stereocenters. The van der Waals surface area contributed by atoms with Crippen molar-refractivity contribution in [1.29, 1.82) is 0 Å². The zero-order chi connectivity index (χ0) is 20.8. The van der Waals surface area contributed by atoms with Crippen molar-refractivity contribution >= 4 is 17.6 Å². The number of hydrogen-bond donors (Lipinski definition) is 1. The number of benzene rings is 1. The van der Waals surface area contributed by atoms with Gasteiger partial charge in [-0.15, -0.1) is 0 Å². The molecule has 0 aliphatic carbocycles. The molecule has 0 spiro atoms. The van der Waals surface area contributed by atoms with E-state index in [1.165, 1.54) is 6.20 Å². The molecule has 0 aliphatic heterocycles. The van der Waals surface area contributed by atoms with Gasteiger partial charge in [0, 0.05) is 11.9 Å². The normalized spacial score (nSPS) is 12.2. The number of carbonyl (C=O) groups is 2. The molecular weight excluding hydrogens is 358 g/mol. The molecule has 1 unspecified atom stereocenters. The van der Waals surface area contributed by atoms with Gasteiger partial charge < -0.3 is 19.5 Å². The number of ether oxygens (including phenoxy) is 3. The van der Waals surface area contributed by atoms with E-state index >= 15 is 0 Å². The van der Waals surface area contributed by atoms with Crippen molar-refractivity contribution in [2.75, 3.05) is 25.1 Å². The van der Waals surface area contributed by atoms with Crippen molar-refractivity contribution < 1.29 is 23.8 Å². The second-order valence-electron chi connectivity index (χ2n) is 6.40. The maximum Gasteiger partial charge on any atom is 0.347 e. The summed E-state index contributed by atoms with van der Waals surface area (Å²) < 4.78 is 15.8. The van der Waals surface area contributed by atoms with Crippen molar-refractivity contribution in [1.82, 2.24) is 0 Å². The molecule has 0 radical (unpaired) electrons. The van der Waals surface area contributed by atoms with Crippen molar-refractivity contribution in [3.8, 4) is 5.75 Å². The number of rotatable bonds is 13. The molecule has 6 nitrogen and oxygen atoms in total. The summed E-state index contributed by atoms with van der Waals surface area (Å²) in [6.07, 6.45) is 5.46. The lowest BCUT2D eigenvalue weighted by Gasteiger charge is -2.15. The van der Waals surface area contributed by atoms with Crippen LogP contribution in [-0.4, -0.2) is 31.8 Å². The summed E-state index contributed by atoms with van der Waals surface area (Å²) in [6.45, 7) is 8.88. The monoisotopic (exact) mass is 391 g/mol. The third kappa shape index (κ3) is 8.46. The first-order valence-corrected chi connectivity index (χ1v) is 10.1. The van der Waals surface area contributed by atoms with Gasteiger partial charge in [0.2, 0.25) is 0 Å². The fraction of sp³-hybridized carbons (Fsp3) is 0.545. The van der Waals surface area contributed by atoms with Crippen LogP contribution in [0.5, 0.6) is 5.75 Å². The molecule has 0 aliphatic rings. The third-order valence-corrected chi connectivity index (χ3v) is 4.26. The minimum absolute atomic E-state index is 0.152. The first-order chi connectivity index (χ1) is 13.5. The van der Waals surface area contributed by atoms with E-state index in [9.17, 15) is 9.59 Å². The fourth-order valence-electron chi connectivity index (χ4n) is 2.55. The fourth-order valence-corrected chi connectivity index (χ4v) is 2.55. The Bertz CT molecular complexity index is 624. The summed E-state index contributed by atoms with van der Waals surface area (Å²) in [4.78, 5) is 24.6. The van der Waals surface area contributed by atoms with Crippen molar-refractivity contribution in [3.63, 3.8) is 0 Å². The van der Waals surface area contributed by atoms with Gasteiger partial charge in [-0.05, 0) is 50.5 Å². The molecule has 1 aromatic rings. The number of carbonyl (C=O) groups excluding carboxylic acids is 2. The average molecular weight is 392 g/mol. The zero-order valence-corrected chi connectivity index (χ0v) is 17.5. The summed E-state index contributed by atoms with van der Waals surface area (Å²) in [7, 11) is 0. The number of esters is 2. The number of unbranched alkanes of at least 4 members (excludes halogenated alkanes) is 1. The first-order valence-electron chi connectivity index (χ1n) is 10.1. The lowest BCUT2D eigenvalue weighted by Crippen LogP contribution is -2.22. The number of nitrogens with one attached hydrogen (secondary N) is 1. The van der Waals surface area contributed by atoms with Crippen LogP contribution < -0.4 is 10.1 Å². The number of anilines is 1. The van der Waals surface area contributed by atoms with Gasteiger partial charge in [0.1, 0.15) is 5.75 Å². The maximum absolute atomic E-state index is 12.5. The van der Waals surface area contributed by atoms with Crippen molar-refractivity contribution in [2.24, 2.45) is 5.92 Å². The van der Waals surface area contributed by atoms with Crippen LogP contribution in [0.25, 0.3) is 0 Å². The average Bonchev–Trinajstić information content (AvgIpc) is 2.70. The van der Waals surface area contributed by atoms with E-state index in [0.717, 1.165) is 31.4 Å². The molecule has 0 bridgehead atoms. The highest BCUT2D eigenvalue weighted by Gasteiger charge is 2.22.